The molecular weight excluding hydrogens is 298 g/mol. The Bertz CT molecular complexity index is 710. The highest BCUT2D eigenvalue weighted by atomic mass is 32.2. The molecule has 2 aromatic rings. The second-order valence-corrected chi connectivity index (χ2v) is 6.96. The van der Waals surface area contributed by atoms with Crippen LogP contribution in [0.1, 0.15) is 10.7 Å². The Labute approximate surface area is 121 Å². The van der Waals surface area contributed by atoms with Crippen LogP contribution < -0.4 is 10.5 Å². The number of nitrogens with two attached hydrogens (primary N) is 1. The molecule has 0 aliphatic rings. The summed E-state index contributed by atoms with van der Waals surface area (Å²) in [6, 6.07) is 3.79. The van der Waals surface area contributed by atoms with Crippen molar-refractivity contribution in [2.24, 2.45) is 0 Å². The summed E-state index contributed by atoms with van der Waals surface area (Å²) in [7, 11) is -3.63. The third-order valence-corrected chi connectivity index (χ3v) is 5.09. The summed E-state index contributed by atoms with van der Waals surface area (Å²) in [4.78, 5) is 4.29. The normalized spacial score (nSPS) is 11.7. The molecule has 0 fully saturated rings. The molecule has 0 atom stereocenters. The van der Waals surface area contributed by atoms with Gasteiger partial charge in [-0.1, -0.05) is 0 Å². The number of nitrogen functional groups attached to an aromatic ring is 1. The summed E-state index contributed by atoms with van der Waals surface area (Å²) in [6.07, 6.45) is 0.533. The molecule has 6 nitrogen and oxygen atoms in total. The summed E-state index contributed by atoms with van der Waals surface area (Å²) in [5.74, 6) is -0.137. The number of aromatic nitrogens is 1. The maximum atomic E-state index is 12.0. The van der Waals surface area contributed by atoms with E-state index < -0.39 is 10.0 Å². The van der Waals surface area contributed by atoms with E-state index in [1.54, 1.807) is 0 Å². The molecule has 1 aromatic carbocycles. The second-order valence-electron chi connectivity index (χ2n) is 4.25. The van der Waals surface area contributed by atoms with Gasteiger partial charge in [-0.15, -0.1) is 11.3 Å². The van der Waals surface area contributed by atoms with Crippen molar-refractivity contribution in [3.05, 3.63) is 34.3 Å². The molecular formula is C12H15N3O3S2. The van der Waals surface area contributed by atoms with E-state index in [0.29, 0.717) is 6.42 Å². The van der Waals surface area contributed by atoms with Gasteiger partial charge < -0.3 is 10.8 Å². The van der Waals surface area contributed by atoms with Gasteiger partial charge in [0, 0.05) is 24.0 Å². The van der Waals surface area contributed by atoms with Gasteiger partial charge in [0.15, 0.2) is 0 Å². The van der Waals surface area contributed by atoms with Crippen LogP contribution in [-0.4, -0.2) is 25.1 Å². The van der Waals surface area contributed by atoms with Crippen LogP contribution in [0.3, 0.4) is 0 Å². The summed E-state index contributed by atoms with van der Waals surface area (Å²) < 4.78 is 26.5. The lowest BCUT2D eigenvalue weighted by molar-refractivity contribution is 0.477. The number of nitrogens with zero attached hydrogens (tertiary/aromatic N) is 1. The number of nitrogens with one attached hydrogen (secondary N) is 1. The van der Waals surface area contributed by atoms with Crippen LogP contribution >= 0.6 is 11.3 Å². The average molecular weight is 313 g/mol. The number of sulfonamides is 1. The lowest BCUT2D eigenvalue weighted by Crippen LogP contribution is -2.26. The molecule has 0 unspecified atom stereocenters. The number of phenolic OH excluding ortho intramolecular Hbond substituents is 1. The first-order valence-electron chi connectivity index (χ1n) is 5.87. The average Bonchev–Trinajstić information content (AvgIpc) is 2.78. The van der Waals surface area contributed by atoms with Crippen LogP contribution in [-0.2, 0) is 16.4 Å². The quantitative estimate of drug-likeness (QED) is 0.569. The number of phenols is 1. The number of hydrogen-bond donors (Lipinski definition) is 3. The molecule has 2 rings (SSSR count). The number of aryl methyl sites for hydroxylation is 1. The third-order valence-electron chi connectivity index (χ3n) is 2.61. The van der Waals surface area contributed by atoms with Crippen molar-refractivity contribution in [3.8, 4) is 5.75 Å². The molecule has 4 N–H and O–H groups in total. The van der Waals surface area contributed by atoms with Crippen LogP contribution in [0.2, 0.25) is 0 Å². The topological polar surface area (TPSA) is 105 Å². The molecule has 0 saturated carbocycles. The summed E-state index contributed by atoms with van der Waals surface area (Å²) in [5.41, 5.74) is 6.45. The molecule has 8 heteroatoms. The predicted octanol–water partition coefficient (Wildman–Crippen LogP) is 1.26. The number of hydrogen-bond acceptors (Lipinski definition) is 6. The van der Waals surface area contributed by atoms with Crippen molar-refractivity contribution in [2.45, 2.75) is 18.2 Å². The van der Waals surface area contributed by atoms with E-state index in [1.807, 2.05) is 12.3 Å². The first-order valence-corrected chi connectivity index (χ1v) is 8.24. The van der Waals surface area contributed by atoms with Gasteiger partial charge in [-0.2, -0.15) is 0 Å². The summed E-state index contributed by atoms with van der Waals surface area (Å²) in [6.45, 7) is 2.15. The highest BCUT2D eigenvalue weighted by molar-refractivity contribution is 7.89. The predicted molar refractivity (Wildman–Crippen MR) is 78.3 cm³/mol. The van der Waals surface area contributed by atoms with Crippen LogP contribution in [0, 0.1) is 6.92 Å². The Morgan fingerprint density at radius 1 is 1.45 bits per heavy atom. The monoisotopic (exact) mass is 313 g/mol. The van der Waals surface area contributed by atoms with Crippen molar-refractivity contribution >= 4 is 27.0 Å². The number of anilines is 1. The van der Waals surface area contributed by atoms with Crippen LogP contribution in [0.25, 0.3) is 0 Å². The van der Waals surface area contributed by atoms with Gasteiger partial charge >= 0.3 is 0 Å². The van der Waals surface area contributed by atoms with E-state index in [2.05, 4.69) is 9.71 Å². The fourth-order valence-electron chi connectivity index (χ4n) is 1.59. The first kappa shape index (κ1) is 14.8. The van der Waals surface area contributed by atoms with Gasteiger partial charge in [-0.25, -0.2) is 18.1 Å². The highest BCUT2D eigenvalue weighted by Gasteiger charge is 2.15. The van der Waals surface area contributed by atoms with Gasteiger partial charge in [-0.3, -0.25) is 0 Å². The van der Waals surface area contributed by atoms with Crippen molar-refractivity contribution < 1.29 is 13.5 Å². The maximum Gasteiger partial charge on any atom is 0.240 e. The largest absolute Gasteiger partial charge is 0.506 e. The summed E-state index contributed by atoms with van der Waals surface area (Å²) >= 11 is 1.50. The molecule has 20 heavy (non-hydrogen) atoms. The van der Waals surface area contributed by atoms with Crippen LogP contribution in [0.15, 0.2) is 28.5 Å². The van der Waals surface area contributed by atoms with E-state index in [9.17, 15) is 13.5 Å². The Hall–Kier alpha value is -1.64. The fraction of sp³-hybridized carbons (Fsp3) is 0.250. The van der Waals surface area contributed by atoms with E-state index in [0.717, 1.165) is 10.7 Å². The highest BCUT2D eigenvalue weighted by Crippen LogP contribution is 2.22. The molecule has 0 aliphatic carbocycles. The molecule has 0 radical (unpaired) electrons. The maximum absolute atomic E-state index is 12.0. The SMILES string of the molecule is Cc1csc(CCNS(=O)(=O)c2ccc(O)c(N)c2)n1. The van der Waals surface area contributed by atoms with Crippen molar-refractivity contribution in [1.29, 1.82) is 0 Å². The summed E-state index contributed by atoms with van der Waals surface area (Å²) in [5, 5.41) is 12.1. The lowest BCUT2D eigenvalue weighted by atomic mass is 10.3. The molecule has 0 saturated heterocycles. The van der Waals surface area contributed by atoms with Crippen molar-refractivity contribution in [3.63, 3.8) is 0 Å². The van der Waals surface area contributed by atoms with E-state index in [4.69, 9.17) is 5.73 Å². The molecule has 0 amide bonds. The zero-order valence-corrected chi connectivity index (χ0v) is 12.5. The lowest BCUT2D eigenvalue weighted by Gasteiger charge is -2.07. The molecule has 0 aliphatic heterocycles. The minimum Gasteiger partial charge on any atom is -0.506 e. The van der Waals surface area contributed by atoms with Gasteiger partial charge in [0.05, 0.1) is 15.6 Å². The van der Waals surface area contributed by atoms with E-state index in [1.165, 1.54) is 29.5 Å². The zero-order chi connectivity index (χ0) is 14.8. The smallest absolute Gasteiger partial charge is 0.240 e. The third kappa shape index (κ3) is 3.47. The minimum absolute atomic E-state index is 0.0307. The molecule has 0 spiro atoms. The van der Waals surface area contributed by atoms with Crippen molar-refractivity contribution in [1.82, 2.24) is 9.71 Å². The Morgan fingerprint density at radius 3 is 2.80 bits per heavy atom. The van der Waals surface area contributed by atoms with Crippen LogP contribution in [0.4, 0.5) is 5.69 Å². The number of thiazole rings is 1. The number of rotatable bonds is 5. The molecule has 1 heterocycles. The first-order chi connectivity index (χ1) is 9.38. The standard InChI is InChI=1S/C12H15N3O3S2/c1-8-7-19-12(15-8)4-5-14-20(17,18)9-2-3-11(16)10(13)6-9/h2-3,6-7,14,16H,4-5,13H2,1H3. The molecule has 108 valence electrons. The van der Waals surface area contributed by atoms with Crippen molar-refractivity contribution in [2.75, 3.05) is 12.3 Å². The second kappa shape index (κ2) is 5.78. The zero-order valence-electron chi connectivity index (χ0n) is 10.8. The fourth-order valence-corrected chi connectivity index (χ4v) is 3.44. The Kier molecular flexibility index (Phi) is 4.26. The molecule has 0 bridgehead atoms. The van der Waals surface area contributed by atoms with Gasteiger partial charge in [0.1, 0.15) is 5.75 Å². The Balaban J connectivity index is 2.02. The molecule has 1 aromatic heterocycles. The number of benzene rings is 1. The Morgan fingerprint density at radius 2 is 2.20 bits per heavy atom. The van der Waals surface area contributed by atoms with Gasteiger partial charge in [0.2, 0.25) is 10.0 Å². The van der Waals surface area contributed by atoms with Crippen LogP contribution in [0.5, 0.6) is 5.75 Å². The van der Waals surface area contributed by atoms with E-state index in [-0.39, 0.29) is 22.9 Å². The van der Waals surface area contributed by atoms with Gasteiger partial charge in [0.25, 0.3) is 0 Å². The van der Waals surface area contributed by atoms with Gasteiger partial charge in [-0.05, 0) is 25.1 Å². The minimum atomic E-state index is -3.63. The van der Waals surface area contributed by atoms with E-state index >= 15 is 0 Å². The number of aromatic hydroxyl groups is 1.